The largest absolute Gasteiger partial charge is 0.489 e. The third kappa shape index (κ3) is 7.24. The van der Waals surface area contributed by atoms with Crippen LogP contribution in [0.15, 0.2) is 48.5 Å². The molecule has 2 aromatic carbocycles. The standard InChI is InChI=1S/C23H28ClN3O4/c1-17(28)25-21-4-2-3-5-22(21)31-16-20(29)15-27-13-12-26(11-10-23(27)30)14-18-6-8-19(24)9-7-18/h2-9,20,29H,10-16H2,1H3,(H,25,28)/t20-/m0/s1. The quantitative estimate of drug-likeness (QED) is 0.653. The Hall–Kier alpha value is -2.61. The summed E-state index contributed by atoms with van der Waals surface area (Å²) in [6.07, 6.45) is -0.427. The summed E-state index contributed by atoms with van der Waals surface area (Å²) < 4.78 is 5.69. The van der Waals surface area contributed by atoms with E-state index in [2.05, 4.69) is 10.2 Å². The number of halogens is 1. The van der Waals surface area contributed by atoms with E-state index in [1.165, 1.54) is 6.92 Å². The fraction of sp³-hybridized carbons (Fsp3) is 0.391. The predicted molar refractivity (Wildman–Crippen MR) is 120 cm³/mol. The first-order valence-electron chi connectivity index (χ1n) is 10.3. The number of para-hydroxylation sites is 2. The molecule has 1 heterocycles. The molecule has 8 heteroatoms. The minimum absolute atomic E-state index is 0.0227. The van der Waals surface area contributed by atoms with Crippen molar-refractivity contribution in [3.05, 3.63) is 59.1 Å². The predicted octanol–water partition coefficient (Wildman–Crippen LogP) is 2.77. The van der Waals surface area contributed by atoms with Crippen LogP contribution in [-0.2, 0) is 16.1 Å². The summed E-state index contributed by atoms with van der Waals surface area (Å²) in [6.45, 7) is 4.36. The Bertz CT molecular complexity index is 891. The number of aliphatic hydroxyl groups excluding tert-OH is 1. The molecule has 2 N–H and O–H groups in total. The van der Waals surface area contributed by atoms with Gasteiger partial charge in [0.15, 0.2) is 0 Å². The van der Waals surface area contributed by atoms with Crippen LogP contribution in [0.4, 0.5) is 5.69 Å². The Labute approximate surface area is 187 Å². The van der Waals surface area contributed by atoms with Crippen molar-refractivity contribution in [2.45, 2.75) is 26.0 Å². The van der Waals surface area contributed by atoms with Crippen LogP contribution in [0.1, 0.15) is 18.9 Å². The van der Waals surface area contributed by atoms with Crippen LogP contribution < -0.4 is 10.1 Å². The van der Waals surface area contributed by atoms with Crippen molar-refractivity contribution < 1.29 is 19.4 Å². The van der Waals surface area contributed by atoms with Gasteiger partial charge in [-0.3, -0.25) is 14.5 Å². The van der Waals surface area contributed by atoms with Gasteiger partial charge in [0.25, 0.3) is 0 Å². The highest BCUT2D eigenvalue weighted by molar-refractivity contribution is 6.30. The highest BCUT2D eigenvalue weighted by atomic mass is 35.5. The zero-order chi connectivity index (χ0) is 22.2. The second kappa shape index (κ2) is 11.1. The molecule has 1 aliphatic heterocycles. The lowest BCUT2D eigenvalue weighted by atomic mass is 10.2. The molecule has 1 aliphatic rings. The van der Waals surface area contributed by atoms with Crippen LogP contribution in [0.5, 0.6) is 5.75 Å². The summed E-state index contributed by atoms with van der Waals surface area (Å²) in [5.41, 5.74) is 1.70. The first kappa shape index (κ1) is 23.1. The van der Waals surface area contributed by atoms with Gasteiger partial charge in [-0.15, -0.1) is 0 Å². The van der Waals surface area contributed by atoms with Crippen LogP contribution >= 0.6 is 11.6 Å². The maximum atomic E-state index is 12.5. The Morgan fingerprint density at radius 1 is 1.16 bits per heavy atom. The van der Waals surface area contributed by atoms with Gasteiger partial charge in [0, 0.05) is 51.1 Å². The summed E-state index contributed by atoms with van der Waals surface area (Å²) in [7, 11) is 0. The number of β-amino-alcohol motifs (C(OH)–C–C–N with tert-alkyl or cyclic N) is 1. The van der Waals surface area contributed by atoms with Crippen molar-refractivity contribution in [1.82, 2.24) is 9.80 Å². The molecule has 0 saturated carbocycles. The number of nitrogens with one attached hydrogen (secondary N) is 1. The molecule has 7 nitrogen and oxygen atoms in total. The van der Waals surface area contributed by atoms with Crippen molar-refractivity contribution in [3.8, 4) is 5.75 Å². The highest BCUT2D eigenvalue weighted by Gasteiger charge is 2.23. The number of rotatable bonds is 8. The van der Waals surface area contributed by atoms with E-state index in [0.717, 1.165) is 18.7 Å². The maximum absolute atomic E-state index is 12.5. The number of amides is 2. The van der Waals surface area contributed by atoms with E-state index >= 15 is 0 Å². The molecule has 31 heavy (non-hydrogen) atoms. The summed E-state index contributed by atoms with van der Waals surface area (Å²) in [5.74, 6) is 0.305. The van der Waals surface area contributed by atoms with Crippen molar-refractivity contribution in [2.75, 3.05) is 38.1 Å². The molecule has 1 fully saturated rings. The van der Waals surface area contributed by atoms with Crippen LogP contribution in [0, 0.1) is 0 Å². The number of benzene rings is 2. The fourth-order valence-corrected chi connectivity index (χ4v) is 3.61. The summed E-state index contributed by atoms with van der Waals surface area (Å²) in [4.78, 5) is 27.8. The fourth-order valence-electron chi connectivity index (χ4n) is 3.49. The molecular weight excluding hydrogens is 418 g/mol. The smallest absolute Gasteiger partial charge is 0.223 e. The lowest BCUT2D eigenvalue weighted by Gasteiger charge is -2.25. The number of hydrogen-bond donors (Lipinski definition) is 2. The van der Waals surface area contributed by atoms with Gasteiger partial charge in [-0.05, 0) is 29.8 Å². The Morgan fingerprint density at radius 3 is 2.65 bits per heavy atom. The Kier molecular flexibility index (Phi) is 8.28. The summed E-state index contributed by atoms with van der Waals surface area (Å²) in [6, 6.07) is 14.8. The lowest BCUT2D eigenvalue weighted by molar-refractivity contribution is -0.132. The second-order valence-corrected chi connectivity index (χ2v) is 8.07. The number of carbonyl (C=O) groups excluding carboxylic acids is 2. The summed E-state index contributed by atoms with van der Waals surface area (Å²) in [5, 5.41) is 13.8. The van der Waals surface area contributed by atoms with E-state index < -0.39 is 6.10 Å². The van der Waals surface area contributed by atoms with Crippen molar-refractivity contribution in [3.63, 3.8) is 0 Å². The maximum Gasteiger partial charge on any atom is 0.223 e. The summed E-state index contributed by atoms with van der Waals surface area (Å²) >= 11 is 5.95. The Morgan fingerprint density at radius 2 is 1.90 bits per heavy atom. The zero-order valence-electron chi connectivity index (χ0n) is 17.6. The van der Waals surface area contributed by atoms with Gasteiger partial charge in [-0.2, -0.15) is 0 Å². The van der Waals surface area contributed by atoms with E-state index in [0.29, 0.717) is 36.0 Å². The number of aliphatic hydroxyl groups is 1. The molecule has 2 amide bonds. The SMILES string of the molecule is CC(=O)Nc1ccccc1OC[C@@H](O)CN1CCN(Cc2ccc(Cl)cc2)CCC1=O. The second-order valence-electron chi connectivity index (χ2n) is 7.63. The molecule has 166 valence electrons. The molecule has 0 aromatic heterocycles. The molecule has 1 saturated heterocycles. The van der Waals surface area contributed by atoms with Gasteiger partial charge in [0.1, 0.15) is 18.5 Å². The number of carbonyl (C=O) groups is 2. The first-order chi connectivity index (χ1) is 14.9. The minimum Gasteiger partial charge on any atom is -0.489 e. The third-order valence-corrected chi connectivity index (χ3v) is 5.31. The van der Waals surface area contributed by atoms with Crippen molar-refractivity contribution in [2.24, 2.45) is 0 Å². The average Bonchev–Trinajstić information content (AvgIpc) is 2.90. The van der Waals surface area contributed by atoms with Gasteiger partial charge in [0.2, 0.25) is 11.8 Å². The average molecular weight is 446 g/mol. The molecule has 0 bridgehead atoms. The van der Waals surface area contributed by atoms with Crippen LogP contribution in [0.25, 0.3) is 0 Å². The van der Waals surface area contributed by atoms with Crippen molar-refractivity contribution in [1.29, 1.82) is 0 Å². The number of nitrogens with zero attached hydrogens (tertiary/aromatic N) is 2. The third-order valence-electron chi connectivity index (χ3n) is 5.06. The van der Waals surface area contributed by atoms with E-state index in [1.807, 2.05) is 24.3 Å². The van der Waals surface area contributed by atoms with Crippen LogP contribution in [0.2, 0.25) is 5.02 Å². The zero-order valence-corrected chi connectivity index (χ0v) is 18.3. The van der Waals surface area contributed by atoms with E-state index in [1.54, 1.807) is 29.2 Å². The molecule has 1 atom stereocenters. The Balaban J connectivity index is 1.50. The molecule has 0 spiro atoms. The van der Waals surface area contributed by atoms with Crippen LogP contribution in [-0.4, -0.2) is 65.6 Å². The monoisotopic (exact) mass is 445 g/mol. The molecule has 0 aliphatic carbocycles. The molecule has 2 aromatic rings. The van der Waals surface area contributed by atoms with Gasteiger partial charge in [-0.1, -0.05) is 35.9 Å². The molecule has 0 unspecified atom stereocenters. The lowest BCUT2D eigenvalue weighted by Crippen LogP contribution is -2.40. The first-order valence-corrected chi connectivity index (χ1v) is 10.7. The van der Waals surface area contributed by atoms with Gasteiger partial charge >= 0.3 is 0 Å². The normalized spacial score (nSPS) is 16.0. The molecular formula is C23H28ClN3O4. The minimum atomic E-state index is -0.836. The molecule has 0 radical (unpaired) electrons. The topological polar surface area (TPSA) is 82.1 Å². The number of hydrogen-bond acceptors (Lipinski definition) is 5. The number of anilines is 1. The van der Waals surface area contributed by atoms with Crippen LogP contribution in [0.3, 0.4) is 0 Å². The van der Waals surface area contributed by atoms with E-state index in [4.69, 9.17) is 16.3 Å². The number of ether oxygens (including phenoxy) is 1. The van der Waals surface area contributed by atoms with Crippen molar-refractivity contribution >= 4 is 29.1 Å². The molecule has 3 rings (SSSR count). The van der Waals surface area contributed by atoms with Gasteiger partial charge < -0.3 is 20.1 Å². The highest BCUT2D eigenvalue weighted by Crippen LogP contribution is 2.24. The van der Waals surface area contributed by atoms with Gasteiger partial charge in [-0.25, -0.2) is 0 Å². The van der Waals surface area contributed by atoms with E-state index in [9.17, 15) is 14.7 Å². The van der Waals surface area contributed by atoms with Gasteiger partial charge in [0.05, 0.1) is 5.69 Å². The van der Waals surface area contributed by atoms with E-state index in [-0.39, 0.29) is 25.0 Å².